The Balaban J connectivity index is 1.11. The number of rotatable bonds is 4. The van der Waals surface area contributed by atoms with Crippen LogP contribution in [0.3, 0.4) is 0 Å². The number of carbonyl (C=O) groups is 1. The Bertz CT molecular complexity index is 875. The van der Waals surface area contributed by atoms with Gasteiger partial charge in [0.1, 0.15) is 0 Å². The molecule has 6 heteroatoms. The van der Waals surface area contributed by atoms with Gasteiger partial charge < -0.3 is 20.3 Å². The number of hydrogen-bond donors (Lipinski definition) is 2. The molecule has 0 saturated carbocycles. The molecule has 4 aliphatic rings. The third-order valence-corrected chi connectivity index (χ3v) is 6.96. The molecule has 6 nitrogen and oxygen atoms in total. The lowest BCUT2D eigenvalue weighted by Gasteiger charge is -2.35. The van der Waals surface area contributed by atoms with E-state index in [4.69, 9.17) is 4.74 Å². The van der Waals surface area contributed by atoms with Crippen molar-refractivity contribution in [3.05, 3.63) is 65.7 Å². The summed E-state index contributed by atoms with van der Waals surface area (Å²) in [5.41, 5.74) is 4.46. The number of dihydropyridines is 1. The molecule has 2 amide bonds. The number of piperidine rings is 1. The van der Waals surface area contributed by atoms with Crippen molar-refractivity contribution in [3.63, 3.8) is 0 Å². The Kier molecular flexibility index (Phi) is 6.09. The predicted molar refractivity (Wildman–Crippen MR) is 123 cm³/mol. The number of amides is 2. The fraction of sp³-hybridized carbons (Fsp3) is 0.480. The summed E-state index contributed by atoms with van der Waals surface area (Å²) in [5, 5.41) is 6.10. The van der Waals surface area contributed by atoms with Gasteiger partial charge in [0, 0.05) is 44.0 Å². The maximum atomic E-state index is 12.6. The molecule has 1 aromatic rings. The molecule has 5 rings (SSSR count). The van der Waals surface area contributed by atoms with Crippen LogP contribution in [0.4, 0.5) is 10.5 Å². The van der Waals surface area contributed by atoms with E-state index >= 15 is 0 Å². The smallest absolute Gasteiger partial charge is 0.326 e. The molecule has 164 valence electrons. The van der Waals surface area contributed by atoms with E-state index in [-0.39, 0.29) is 6.03 Å². The second-order valence-electron chi connectivity index (χ2n) is 9.06. The van der Waals surface area contributed by atoms with Crippen molar-refractivity contribution in [2.24, 2.45) is 5.92 Å². The number of ether oxygens (including phenoxy) is 1. The monoisotopic (exact) mass is 420 g/mol. The van der Waals surface area contributed by atoms with Gasteiger partial charge in [-0.2, -0.15) is 0 Å². The molecule has 2 fully saturated rings. The van der Waals surface area contributed by atoms with E-state index < -0.39 is 0 Å². The number of likely N-dealkylation sites (tertiary alicyclic amines) is 1. The summed E-state index contributed by atoms with van der Waals surface area (Å²) in [4.78, 5) is 17.0. The molecule has 0 spiro atoms. The van der Waals surface area contributed by atoms with E-state index in [0.717, 1.165) is 36.0 Å². The third kappa shape index (κ3) is 4.86. The van der Waals surface area contributed by atoms with Crippen LogP contribution >= 0.6 is 0 Å². The van der Waals surface area contributed by atoms with Gasteiger partial charge in [0.25, 0.3) is 0 Å². The molecule has 0 unspecified atom stereocenters. The van der Waals surface area contributed by atoms with Gasteiger partial charge in [-0.05, 0) is 85.5 Å². The van der Waals surface area contributed by atoms with Crippen molar-refractivity contribution in [2.45, 2.75) is 31.6 Å². The SMILES string of the molecule is O=C(Nc1ccc(C2CCN(CC3CCOCC3)CC2)cc1)N1C=C2C=CNC=C2C1. The Morgan fingerprint density at radius 3 is 2.61 bits per heavy atom. The van der Waals surface area contributed by atoms with Gasteiger partial charge in [-0.1, -0.05) is 12.1 Å². The highest BCUT2D eigenvalue weighted by Crippen LogP contribution is 2.30. The average Bonchev–Trinajstić information content (AvgIpc) is 3.26. The Labute approximate surface area is 184 Å². The number of allylic oxidation sites excluding steroid dienone is 1. The third-order valence-electron chi connectivity index (χ3n) is 6.96. The fourth-order valence-corrected chi connectivity index (χ4v) is 5.04. The fourth-order valence-electron chi connectivity index (χ4n) is 5.04. The average molecular weight is 421 g/mol. The summed E-state index contributed by atoms with van der Waals surface area (Å²) in [7, 11) is 0. The molecule has 4 heterocycles. The number of urea groups is 1. The largest absolute Gasteiger partial charge is 0.381 e. The molecular weight excluding hydrogens is 388 g/mol. The van der Waals surface area contributed by atoms with E-state index in [9.17, 15) is 4.79 Å². The minimum atomic E-state index is -0.0922. The first-order chi connectivity index (χ1) is 15.2. The van der Waals surface area contributed by atoms with Gasteiger partial charge in [0.05, 0.1) is 6.54 Å². The standard InChI is InChI=1S/C25H32N4O2/c30-25(29-17-22-5-10-26-15-23(22)18-29)27-24-3-1-20(2-4-24)21-6-11-28(12-7-21)16-19-8-13-31-14-9-19/h1-5,10,15,17,19,21,26H,6-9,11-14,16,18H2,(H,27,30). The molecule has 0 aliphatic carbocycles. The van der Waals surface area contributed by atoms with Crippen molar-refractivity contribution in [1.29, 1.82) is 0 Å². The Morgan fingerprint density at radius 1 is 1.10 bits per heavy atom. The molecule has 0 aromatic heterocycles. The summed E-state index contributed by atoms with van der Waals surface area (Å²) in [6, 6.07) is 8.36. The first-order valence-electron chi connectivity index (χ1n) is 11.6. The first-order valence-corrected chi connectivity index (χ1v) is 11.6. The van der Waals surface area contributed by atoms with Crippen LogP contribution in [0.25, 0.3) is 0 Å². The van der Waals surface area contributed by atoms with Gasteiger partial charge in [-0.15, -0.1) is 0 Å². The Morgan fingerprint density at radius 2 is 1.87 bits per heavy atom. The minimum Gasteiger partial charge on any atom is -0.381 e. The molecule has 0 radical (unpaired) electrons. The quantitative estimate of drug-likeness (QED) is 0.772. The van der Waals surface area contributed by atoms with E-state index in [2.05, 4.69) is 27.7 Å². The molecule has 0 bridgehead atoms. The van der Waals surface area contributed by atoms with Crippen LogP contribution in [0.5, 0.6) is 0 Å². The van der Waals surface area contributed by atoms with Crippen molar-refractivity contribution < 1.29 is 9.53 Å². The maximum absolute atomic E-state index is 12.6. The van der Waals surface area contributed by atoms with Gasteiger partial charge in [0.15, 0.2) is 0 Å². The Hall–Kier alpha value is -2.57. The lowest BCUT2D eigenvalue weighted by atomic mass is 9.88. The minimum absolute atomic E-state index is 0.0922. The van der Waals surface area contributed by atoms with Gasteiger partial charge in [-0.3, -0.25) is 4.90 Å². The highest BCUT2D eigenvalue weighted by atomic mass is 16.5. The zero-order valence-corrected chi connectivity index (χ0v) is 18.1. The summed E-state index contributed by atoms with van der Waals surface area (Å²) >= 11 is 0. The lowest BCUT2D eigenvalue weighted by molar-refractivity contribution is 0.0488. The number of carbonyl (C=O) groups excluding carboxylic acids is 1. The molecule has 2 N–H and O–H groups in total. The zero-order valence-electron chi connectivity index (χ0n) is 18.1. The first kappa shape index (κ1) is 20.3. The van der Waals surface area contributed by atoms with Crippen molar-refractivity contribution in [1.82, 2.24) is 15.1 Å². The second-order valence-corrected chi connectivity index (χ2v) is 9.06. The van der Waals surface area contributed by atoms with Crippen LogP contribution < -0.4 is 10.6 Å². The zero-order chi connectivity index (χ0) is 21.0. The second kappa shape index (κ2) is 9.28. The highest BCUT2D eigenvalue weighted by Gasteiger charge is 2.25. The maximum Gasteiger partial charge on any atom is 0.326 e. The van der Waals surface area contributed by atoms with Crippen LogP contribution in [0.15, 0.2) is 60.1 Å². The van der Waals surface area contributed by atoms with E-state index in [1.54, 1.807) is 4.90 Å². The molecule has 2 saturated heterocycles. The molecule has 4 aliphatic heterocycles. The molecule has 31 heavy (non-hydrogen) atoms. The van der Waals surface area contributed by atoms with Crippen LogP contribution in [0, 0.1) is 5.92 Å². The van der Waals surface area contributed by atoms with Crippen molar-refractivity contribution >= 4 is 11.7 Å². The molecule has 0 atom stereocenters. The van der Waals surface area contributed by atoms with Crippen LogP contribution in [0.1, 0.15) is 37.2 Å². The number of anilines is 1. The van der Waals surface area contributed by atoms with Gasteiger partial charge in [0.2, 0.25) is 0 Å². The van der Waals surface area contributed by atoms with E-state index in [1.807, 2.05) is 36.8 Å². The van der Waals surface area contributed by atoms with Crippen LogP contribution in [-0.2, 0) is 4.74 Å². The number of nitrogens with zero attached hydrogens (tertiary/aromatic N) is 2. The van der Waals surface area contributed by atoms with Gasteiger partial charge >= 0.3 is 6.03 Å². The van der Waals surface area contributed by atoms with Crippen molar-refractivity contribution in [2.75, 3.05) is 44.7 Å². The summed E-state index contributed by atoms with van der Waals surface area (Å²) in [6.07, 6.45) is 12.6. The van der Waals surface area contributed by atoms with Crippen LogP contribution in [-0.4, -0.2) is 55.2 Å². The topological polar surface area (TPSA) is 56.8 Å². The van der Waals surface area contributed by atoms with Crippen LogP contribution in [0.2, 0.25) is 0 Å². The lowest BCUT2D eigenvalue weighted by Crippen LogP contribution is -2.38. The summed E-state index contributed by atoms with van der Waals surface area (Å²) < 4.78 is 5.49. The number of nitrogens with one attached hydrogen (secondary N) is 2. The highest BCUT2D eigenvalue weighted by molar-refractivity contribution is 5.91. The normalized spacial score (nSPS) is 22.5. The molecule has 1 aromatic carbocycles. The number of benzene rings is 1. The van der Waals surface area contributed by atoms with E-state index in [1.165, 1.54) is 50.9 Å². The van der Waals surface area contributed by atoms with Crippen molar-refractivity contribution in [3.8, 4) is 0 Å². The predicted octanol–water partition coefficient (Wildman–Crippen LogP) is 4.02. The number of hydrogen-bond acceptors (Lipinski definition) is 4. The van der Waals surface area contributed by atoms with E-state index in [0.29, 0.717) is 12.5 Å². The van der Waals surface area contributed by atoms with Gasteiger partial charge in [-0.25, -0.2) is 4.79 Å². The summed E-state index contributed by atoms with van der Waals surface area (Å²) in [5.74, 6) is 1.43. The molecular formula is C25H32N4O2. The summed E-state index contributed by atoms with van der Waals surface area (Å²) in [6.45, 7) is 6.07. The number of fused-ring (bicyclic) bond motifs is 1.